The fraction of sp³-hybridized carbons (Fsp3) is 0.200. The summed E-state index contributed by atoms with van der Waals surface area (Å²) < 4.78 is 0. The number of rotatable bonds is 7. The number of hydrogen-bond donors (Lipinski definition) is 2. The highest BCUT2D eigenvalue weighted by molar-refractivity contribution is 6.32. The Hall–Kier alpha value is -2.59. The van der Waals surface area contributed by atoms with Crippen LogP contribution in [-0.2, 0) is 4.79 Å². The van der Waals surface area contributed by atoms with Crippen molar-refractivity contribution in [3.63, 3.8) is 0 Å². The fourth-order valence-electron chi connectivity index (χ4n) is 2.18. The molecule has 130 valence electrons. The van der Waals surface area contributed by atoms with Gasteiger partial charge in [0, 0.05) is 28.9 Å². The van der Waals surface area contributed by atoms with Gasteiger partial charge in [0.2, 0.25) is 5.91 Å². The number of unbranched alkanes of at least 4 members (excludes halogenated alkanes) is 1. The third-order valence-electron chi connectivity index (χ3n) is 3.53. The van der Waals surface area contributed by atoms with Gasteiger partial charge in [-0.2, -0.15) is 0 Å². The third-order valence-corrected chi connectivity index (χ3v) is 3.87. The predicted octanol–water partition coefficient (Wildman–Crippen LogP) is 4.52. The van der Waals surface area contributed by atoms with Crippen molar-refractivity contribution in [2.45, 2.75) is 19.8 Å². The van der Waals surface area contributed by atoms with E-state index in [1.54, 1.807) is 36.4 Å². The summed E-state index contributed by atoms with van der Waals surface area (Å²) in [6.45, 7) is 2.71. The number of benzene rings is 2. The lowest BCUT2D eigenvalue weighted by molar-refractivity contribution is -0.111. The van der Waals surface area contributed by atoms with E-state index in [2.05, 4.69) is 17.6 Å². The van der Waals surface area contributed by atoms with Crippen LogP contribution in [0.4, 0.5) is 5.69 Å². The molecule has 5 heteroatoms. The quantitative estimate of drug-likeness (QED) is 0.566. The molecule has 0 bridgehead atoms. The van der Waals surface area contributed by atoms with Crippen molar-refractivity contribution in [2.75, 3.05) is 11.9 Å². The predicted molar refractivity (Wildman–Crippen MR) is 103 cm³/mol. The number of nitrogens with one attached hydrogen (secondary N) is 2. The second-order valence-electron chi connectivity index (χ2n) is 5.53. The Bertz CT molecular complexity index is 772. The van der Waals surface area contributed by atoms with Crippen LogP contribution < -0.4 is 10.6 Å². The molecular formula is C20H21ClN2O2. The molecule has 0 spiro atoms. The average molecular weight is 357 g/mol. The second-order valence-corrected chi connectivity index (χ2v) is 5.94. The molecule has 0 aliphatic carbocycles. The maximum Gasteiger partial charge on any atom is 0.251 e. The van der Waals surface area contributed by atoms with Gasteiger partial charge < -0.3 is 10.6 Å². The van der Waals surface area contributed by atoms with Crippen LogP contribution in [0.25, 0.3) is 6.08 Å². The van der Waals surface area contributed by atoms with Gasteiger partial charge in [0.05, 0.1) is 0 Å². The largest absolute Gasteiger partial charge is 0.352 e. The first-order valence-electron chi connectivity index (χ1n) is 8.22. The minimum absolute atomic E-state index is 0.142. The Kier molecular flexibility index (Phi) is 7.23. The Labute approximate surface area is 152 Å². The molecule has 0 aliphatic rings. The molecule has 0 aliphatic heterocycles. The van der Waals surface area contributed by atoms with Gasteiger partial charge in [-0.25, -0.2) is 0 Å². The minimum atomic E-state index is -0.288. The normalized spacial score (nSPS) is 10.6. The van der Waals surface area contributed by atoms with E-state index in [1.165, 1.54) is 6.08 Å². The molecule has 0 aromatic heterocycles. The molecule has 25 heavy (non-hydrogen) atoms. The SMILES string of the molecule is CCCCNC(=O)c1cccc(NC(=O)/C=C/c2ccccc2Cl)c1. The van der Waals surface area contributed by atoms with E-state index in [1.807, 2.05) is 18.2 Å². The van der Waals surface area contributed by atoms with Gasteiger partial charge in [-0.05, 0) is 42.3 Å². The summed E-state index contributed by atoms with van der Waals surface area (Å²) in [6, 6.07) is 14.1. The number of halogens is 1. The van der Waals surface area contributed by atoms with Crippen molar-refractivity contribution in [1.82, 2.24) is 5.32 Å². The van der Waals surface area contributed by atoms with E-state index in [4.69, 9.17) is 11.6 Å². The Balaban J connectivity index is 1.98. The van der Waals surface area contributed by atoms with Gasteiger partial charge in [-0.15, -0.1) is 0 Å². The summed E-state index contributed by atoms with van der Waals surface area (Å²) in [4.78, 5) is 24.1. The van der Waals surface area contributed by atoms with Crippen molar-refractivity contribution in [3.8, 4) is 0 Å². The van der Waals surface area contributed by atoms with Gasteiger partial charge in [0.25, 0.3) is 5.91 Å². The second kappa shape index (κ2) is 9.64. The van der Waals surface area contributed by atoms with Crippen molar-refractivity contribution < 1.29 is 9.59 Å². The fourth-order valence-corrected chi connectivity index (χ4v) is 2.38. The Morgan fingerprint density at radius 3 is 2.68 bits per heavy atom. The van der Waals surface area contributed by atoms with Crippen LogP contribution in [0.3, 0.4) is 0 Å². The molecule has 2 aromatic rings. The number of anilines is 1. The summed E-state index contributed by atoms with van der Waals surface area (Å²) >= 11 is 6.05. The highest BCUT2D eigenvalue weighted by Gasteiger charge is 2.06. The third kappa shape index (κ3) is 6.08. The molecule has 0 saturated heterocycles. The zero-order chi connectivity index (χ0) is 18.1. The molecule has 0 atom stereocenters. The first kappa shape index (κ1) is 18.7. The van der Waals surface area contributed by atoms with Crippen LogP contribution >= 0.6 is 11.6 Å². The summed E-state index contributed by atoms with van der Waals surface area (Å²) in [5, 5.41) is 6.18. The number of amides is 2. The van der Waals surface area contributed by atoms with E-state index in [0.717, 1.165) is 18.4 Å². The van der Waals surface area contributed by atoms with Crippen LogP contribution in [0.15, 0.2) is 54.6 Å². The molecule has 0 radical (unpaired) electrons. The molecule has 2 aromatic carbocycles. The van der Waals surface area contributed by atoms with E-state index >= 15 is 0 Å². The van der Waals surface area contributed by atoms with Crippen molar-refractivity contribution in [1.29, 1.82) is 0 Å². The molecule has 4 nitrogen and oxygen atoms in total. The monoisotopic (exact) mass is 356 g/mol. The van der Waals surface area contributed by atoms with Crippen LogP contribution in [0.5, 0.6) is 0 Å². The first-order chi connectivity index (χ1) is 12.1. The van der Waals surface area contributed by atoms with Gasteiger partial charge in [-0.1, -0.05) is 49.2 Å². The smallest absolute Gasteiger partial charge is 0.251 e. The topological polar surface area (TPSA) is 58.2 Å². The number of carbonyl (C=O) groups excluding carboxylic acids is 2. The van der Waals surface area contributed by atoms with Crippen molar-refractivity contribution >= 4 is 35.2 Å². The van der Waals surface area contributed by atoms with Crippen LogP contribution in [0.1, 0.15) is 35.7 Å². The lowest BCUT2D eigenvalue weighted by atomic mass is 10.1. The van der Waals surface area contributed by atoms with E-state index in [9.17, 15) is 9.59 Å². The van der Waals surface area contributed by atoms with E-state index in [-0.39, 0.29) is 11.8 Å². The zero-order valence-corrected chi connectivity index (χ0v) is 14.8. The standard InChI is InChI=1S/C20H21ClN2O2/c1-2-3-13-22-20(25)16-8-6-9-17(14-16)23-19(24)12-11-15-7-4-5-10-18(15)21/h4-12,14H,2-3,13H2,1H3,(H,22,25)(H,23,24)/b12-11+. The molecule has 0 heterocycles. The highest BCUT2D eigenvalue weighted by Crippen LogP contribution is 2.16. The number of hydrogen-bond acceptors (Lipinski definition) is 2. The molecule has 0 unspecified atom stereocenters. The van der Waals surface area contributed by atoms with Gasteiger partial charge >= 0.3 is 0 Å². The van der Waals surface area contributed by atoms with E-state index < -0.39 is 0 Å². The molecule has 2 amide bonds. The lowest BCUT2D eigenvalue weighted by Gasteiger charge is -2.07. The summed E-state index contributed by atoms with van der Waals surface area (Å²) in [7, 11) is 0. The number of carbonyl (C=O) groups is 2. The molecule has 0 fully saturated rings. The van der Waals surface area contributed by atoms with E-state index in [0.29, 0.717) is 22.8 Å². The van der Waals surface area contributed by atoms with Crippen molar-refractivity contribution in [3.05, 3.63) is 70.8 Å². The molecular weight excluding hydrogens is 336 g/mol. The lowest BCUT2D eigenvalue weighted by Crippen LogP contribution is -2.24. The van der Waals surface area contributed by atoms with Crippen LogP contribution in [0, 0.1) is 0 Å². The summed E-state index contributed by atoms with van der Waals surface area (Å²) in [5.74, 6) is -0.431. The molecule has 2 N–H and O–H groups in total. The molecule has 2 rings (SSSR count). The van der Waals surface area contributed by atoms with Crippen LogP contribution in [0.2, 0.25) is 5.02 Å². The van der Waals surface area contributed by atoms with Crippen LogP contribution in [-0.4, -0.2) is 18.4 Å². The highest BCUT2D eigenvalue weighted by atomic mass is 35.5. The maximum absolute atomic E-state index is 12.1. The molecule has 0 saturated carbocycles. The Morgan fingerprint density at radius 1 is 1.12 bits per heavy atom. The van der Waals surface area contributed by atoms with Crippen molar-refractivity contribution in [2.24, 2.45) is 0 Å². The van der Waals surface area contributed by atoms with Gasteiger partial charge in [0.15, 0.2) is 0 Å². The van der Waals surface area contributed by atoms with Gasteiger partial charge in [0.1, 0.15) is 0 Å². The maximum atomic E-state index is 12.1. The summed E-state index contributed by atoms with van der Waals surface area (Å²) in [6.07, 6.45) is 5.03. The summed E-state index contributed by atoms with van der Waals surface area (Å²) in [5.41, 5.74) is 1.85. The Morgan fingerprint density at radius 2 is 1.92 bits per heavy atom. The first-order valence-corrected chi connectivity index (χ1v) is 8.60. The average Bonchev–Trinajstić information content (AvgIpc) is 2.61. The van der Waals surface area contributed by atoms with Gasteiger partial charge in [-0.3, -0.25) is 9.59 Å². The minimum Gasteiger partial charge on any atom is -0.352 e. The zero-order valence-electron chi connectivity index (χ0n) is 14.1.